The van der Waals surface area contributed by atoms with Crippen LogP contribution in [0.5, 0.6) is 0 Å². The molecule has 1 heterocycles. The van der Waals surface area contributed by atoms with E-state index in [-0.39, 0.29) is 16.6 Å². The summed E-state index contributed by atoms with van der Waals surface area (Å²) in [6, 6.07) is 12.7. The molecule has 9 heteroatoms. The molecule has 1 aliphatic heterocycles. The molecule has 2 aromatic carbocycles. The van der Waals surface area contributed by atoms with Crippen molar-refractivity contribution in [1.82, 2.24) is 14.5 Å². The summed E-state index contributed by atoms with van der Waals surface area (Å²) in [5.74, 6) is -0.448. The fourth-order valence-corrected chi connectivity index (χ4v) is 4.24. The molecule has 0 unspecified atom stereocenters. The van der Waals surface area contributed by atoms with Gasteiger partial charge >= 0.3 is 0 Å². The van der Waals surface area contributed by atoms with Crippen molar-refractivity contribution in [3.8, 4) is 0 Å². The maximum atomic E-state index is 13.9. The van der Waals surface area contributed by atoms with Crippen LogP contribution in [0.15, 0.2) is 53.4 Å². The molecule has 0 atom stereocenters. The number of carbonyl (C=O) groups is 1. The number of benzene rings is 2. The molecule has 7 nitrogen and oxygen atoms in total. The van der Waals surface area contributed by atoms with Gasteiger partial charge in [-0.05, 0) is 36.4 Å². The molecule has 0 spiro atoms. The van der Waals surface area contributed by atoms with E-state index in [0.29, 0.717) is 24.3 Å². The predicted octanol–water partition coefficient (Wildman–Crippen LogP) is 1.63. The number of amides is 1. The Hall–Kier alpha value is -2.49. The predicted molar refractivity (Wildman–Crippen MR) is 115 cm³/mol. The molecule has 1 aliphatic rings. The van der Waals surface area contributed by atoms with Gasteiger partial charge in [-0.25, -0.2) is 17.1 Å². The lowest BCUT2D eigenvalue weighted by Crippen LogP contribution is -2.48. The zero-order valence-corrected chi connectivity index (χ0v) is 18.0. The summed E-state index contributed by atoms with van der Waals surface area (Å²) in [6.07, 6.45) is 0. The molecule has 0 aliphatic carbocycles. The van der Waals surface area contributed by atoms with Gasteiger partial charge in [0.25, 0.3) is 5.91 Å². The number of nitrogens with zero attached hydrogens (tertiary/aromatic N) is 3. The van der Waals surface area contributed by atoms with E-state index in [4.69, 9.17) is 0 Å². The lowest BCUT2D eigenvalue weighted by Gasteiger charge is -2.36. The van der Waals surface area contributed by atoms with Crippen LogP contribution in [-0.4, -0.2) is 76.9 Å². The SMILES string of the molecule is CN(C)S(=O)(=O)c1ccc(C(=O)NCCN2CCN(c3ccccc3F)CC2)cc1. The fourth-order valence-electron chi connectivity index (χ4n) is 3.34. The van der Waals surface area contributed by atoms with Gasteiger partial charge in [0.15, 0.2) is 0 Å². The maximum absolute atomic E-state index is 13.9. The highest BCUT2D eigenvalue weighted by molar-refractivity contribution is 7.89. The number of hydrogen-bond acceptors (Lipinski definition) is 5. The monoisotopic (exact) mass is 434 g/mol. The number of anilines is 1. The molecular formula is C21H27FN4O3S. The first-order chi connectivity index (χ1) is 14.3. The summed E-state index contributed by atoms with van der Waals surface area (Å²) in [5, 5.41) is 2.87. The minimum absolute atomic E-state index is 0.150. The van der Waals surface area contributed by atoms with Crippen LogP contribution in [0.2, 0.25) is 0 Å². The highest BCUT2D eigenvalue weighted by Gasteiger charge is 2.20. The lowest BCUT2D eigenvalue weighted by atomic mass is 10.2. The zero-order valence-electron chi connectivity index (χ0n) is 17.2. The Labute approximate surface area is 177 Å². The summed E-state index contributed by atoms with van der Waals surface area (Å²) in [5.41, 5.74) is 1.04. The second kappa shape index (κ2) is 9.55. The largest absolute Gasteiger partial charge is 0.367 e. The summed E-state index contributed by atoms with van der Waals surface area (Å²) in [7, 11) is -0.582. The summed E-state index contributed by atoms with van der Waals surface area (Å²) in [4.78, 5) is 16.7. The van der Waals surface area contributed by atoms with Crippen molar-refractivity contribution in [2.24, 2.45) is 0 Å². The van der Waals surface area contributed by atoms with Gasteiger partial charge in [0.1, 0.15) is 5.82 Å². The lowest BCUT2D eigenvalue weighted by molar-refractivity contribution is 0.0947. The highest BCUT2D eigenvalue weighted by Crippen LogP contribution is 2.20. The molecule has 162 valence electrons. The quantitative estimate of drug-likeness (QED) is 0.717. The minimum Gasteiger partial charge on any atom is -0.367 e. The summed E-state index contributed by atoms with van der Waals surface area (Å²) < 4.78 is 39.2. The number of sulfonamides is 1. The summed E-state index contributed by atoms with van der Waals surface area (Å²) >= 11 is 0. The van der Waals surface area contributed by atoms with E-state index in [1.165, 1.54) is 44.4 Å². The Kier molecular flexibility index (Phi) is 7.06. The first-order valence-corrected chi connectivity index (χ1v) is 11.3. The number of rotatable bonds is 7. The number of hydrogen-bond donors (Lipinski definition) is 1. The van der Waals surface area contributed by atoms with Gasteiger partial charge in [-0.15, -0.1) is 0 Å². The van der Waals surface area contributed by atoms with E-state index >= 15 is 0 Å². The Morgan fingerprint density at radius 2 is 1.67 bits per heavy atom. The van der Waals surface area contributed by atoms with Crippen molar-refractivity contribution in [2.45, 2.75) is 4.90 Å². The third-order valence-corrected chi connectivity index (χ3v) is 7.00. The Morgan fingerprint density at radius 1 is 1.03 bits per heavy atom. The highest BCUT2D eigenvalue weighted by atomic mass is 32.2. The van der Waals surface area contributed by atoms with Crippen LogP contribution < -0.4 is 10.2 Å². The first kappa shape index (κ1) is 22.2. The first-order valence-electron chi connectivity index (χ1n) is 9.81. The van der Waals surface area contributed by atoms with Crippen molar-refractivity contribution in [1.29, 1.82) is 0 Å². The van der Waals surface area contributed by atoms with Gasteiger partial charge in [-0.3, -0.25) is 9.69 Å². The average Bonchev–Trinajstić information content (AvgIpc) is 2.74. The van der Waals surface area contributed by atoms with Gasteiger partial charge in [-0.2, -0.15) is 0 Å². The Balaban J connectivity index is 1.45. The van der Waals surface area contributed by atoms with Crippen LogP contribution in [0.25, 0.3) is 0 Å². The molecule has 2 aromatic rings. The van der Waals surface area contributed by atoms with E-state index in [0.717, 1.165) is 30.5 Å². The molecule has 0 bridgehead atoms. The third kappa shape index (κ3) is 5.16. The normalized spacial score (nSPS) is 15.4. The number of halogens is 1. The number of piperazine rings is 1. The molecule has 1 saturated heterocycles. The van der Waals surface area contributed by atoms with Crippen molar-refractivity contribution < 1.29 is 17.6 Å². The second-order valence-electron chi connectivity index (χ2n) is 7.35. The van der Waals surface area contributed by atoms with Crippen molar-refractivity contribution in [2.75, 3.05) is 58.3 Å². The maximum Gasteiger partial charge on any atom is 0.251 e. The van der Waals surface area contributed by atoms with E-state index in [2.05, 4.69) is 10.2 Å². The Bertz CT molecular complexity index is 972. The number of carbonyl (C=O) groups excluding carboxylic acids is 1. The smallest absolute Gasteiger partial charge is 0.251 e. The van der Waals surface area contributed by atoms with Crippen LogP contribution >= 0.6 is 0 Å². The minimum atomic E-state index is -3.51. The van der Waals surface area contributed by atoms with E-state index in [1.807, 2.05) is 11.0 Å². The number of para-hydroxylation sites is 1. The van der Waals surface area contributed by atoms with E-state index in [9.17, 15) is 17.6 Å². The molecular weight excluding hydrogens is 407 g/mol. The van der Waals surface area contributed by atoms with Gasteiger partial charge < -0.3 is 10.2 Å². The van der Waals surface area contributed by atoms with Gasteiger partial charge in [-0.1, -0.05) is 12.1 Å². The molecule has 30 heavy (non-hydrogen) atoms. The standard InChI is InChI=1S/C21H27FN4O3S/c1-24(2)30(28,29)18-9-7-17(8-10-18)21(27)23-11-12-25-13-15-26(16-14-25)20-6-4-3-5-19(20)22/h3-10H,11-16H2,1-2H3,(H,23,27). The van der Waals surface area contributed by atoms with Crippen LogP contribution in [0.3, 0.4) is 0 Å². The molecule has 1 N–H and O–H groups in total. The molecule has 0 radical (unpaired) electrons. The molecule has 3 rings (SSSR count). The average molecular weight is 435 g/mol. The molecule has 0 aromatic heterocycles. The van der Waals surface area contributed by atoms with Crippen LogP contribution in [0.4, 0.5) is 10.1 Å². The fraction of sp³-hybridized carbons (Fsp3) is 0.381. The second-order valence-corrected chi connectivity index (χ2v) is 9.50. The zero-order chi connectivity index (χ0) is 21.7. The van der Waals surface area contributed by atoms with Crippen molar-refractivity contribution in [3.05, 3.63) is 59.9 Å². The van der Waals surface area contributed by atoms with E-state index in [1.54, 1.807) is 12.1 Å². The molecule has 1 fully saturated rings. The molecule has 1 amide bonds. The van der Waals surface area contributed by atoms with Gasteiger partial charge in [0.2, 0.25) is 10.0 Å². The Morgan fingerprint density at radius 3 is 2.27 bits per heavy atom. The van der Waals surface area contributed by atoms with Gasteiger partial charge in [0.05, 0.1) is 10.6 Å². The van der Waals surface area contributed by atoms with Crippen molar-refractivity contribution >= 4 is 21.6 Å². The van der Waals surface area contributed by atoms with Gasteiger partial charge in [0, 0.05) is 58.9 Å². The van der Waals surface area contributed by atoms with Crippen LogP contribution in [0, 0.1) is 5.82 Å². The van der Waals surface area contributed by atoms with Crippen LogP contribution in [-0.2, 0) is 10.0 Å². The number of nitrogens with one attached hydrogen (secondary N) is 1. The summed E-state index contributed by atoms with van der Waals surface area (Å²) in [6.45, 7) is 4.23. The topological polar surface area (TPSA) is 73.0 Å². The van der Waals surface area contributed by atoms with Crippen LogP contribution in [0.1, 0.15) is 10.4 Å². The third-order valence-electron chi connectivity index (χ3n) is 5.17. The van der Waals surface area contributed by atoms with E-state index < -0.39 is 10.0 Å². The molecule has 0 saturated carbocycles. The van der Waals surface area contributed by atoms with Crippen molar-refractivity contribution in [3.63, 3.8) is 0 Å².